The van der Waals surface area contributed by atoms with Gasteiger partial charge in [-0.1, -0.05) is 23.8 Å². The van der Waals surface area contributed by atoms with Crippen LogP contribution in [0.3, 0.4) is 0 Å². The van der Waals surface area contributed by atoms with Gasteiger partial charge in [-0.3, -0.25) is 4.40 Å². The SMILES string of the molecule is Cc1cccc(-c2cnc3c(O)cccn23)c1. The van der Waals surface area contributed by atoms with Crippen molar-refractivity contribution in [2.75, 3.05) is 0 Å². The second kappa shape index (κ2) is 3.63. The third-order valence-electron chi connectivity index (χ3n) is 2.83. The first kappa shape index (κ1) is 9.90. The van der Waals surface area contributed by atoms with Gasteiger partial charge in [0.2, 0.25) is 0 Å². The minimum atomic E-state index is 0.200. The number of imidazole rings is 1. The molecule has 17 heavy (non-hydrogen) atoms. The molecular weight excluding hydrogens is 212 g/mol. The van der Waals surface area contributed by atoms with Gasteiger partial charge >= 0.3 is 0 Å². The first-order valence-corrected chi connectivity index (χ1v) is 5.48. The lowest BCUT2D eigenvalue weighted by atomic mass is 10.1. The fraction of sp³-hybridized carbons (Fsp3) is 0.0714. The van der Waals surface area contributed by atoms with E-state index in [9.17, 15) is 5.11 Å². The highest BCUT2D eigenvalue weighted by Crippen LogP contribution is 2.25. The zero-order valence-electron chi connectivity index (χ0n) is 9.46. The molecule has 2 aromatic heterocycles. The van der Waals surface area contributed by atoms with Crippen LogP contribution >= 0.6 is 0 Å². The Morgan fingerprint density at radius 2 is 2.06 bits per heavy atom. The number of nitrogens with zero attached hydrogens (tertiary/aromatic N) is 2. The molecule has 3 aromatic rings. The van der Waals surface area contributed by atoms with Crippen molar-refractivity contribution in [1.82, 2.24) is 9.38 Å². The summed E-state index contributed by atoms with van der Waals surface area (Å²) in [7, 11) is 0. The van der Waals surface area contributed by atoms with E-state index < -0.39 is 0 Å². The van der Waals surface area contributed by atoms with Crippen LogP contribution < -0.4 is 0 Å². The first-order valence-electron chi connectivity index (χ1n) is 5.48. The molecule has 3 nitrogen and oxygen atoms in total. The molecule has 0 atom stereocenters. The van der Waals surface area contributed by atoms with Crippen molar-refractivity contribution in [3.63, 3.8) is 0 Å². The van der Waals surface area contributed by atoms with Crippen molar-refractivity contribution in [3.05, 3.63) is 54.4 Å². The highest BCUT2D eigenvalue weighted by Gasteiger charge is 2.07. The van der Waals surface area contributed by atoms with Crippen LogP contribution in [0, 0.1) is 6.92 Å². The minimum absolute atomic E-state index is 0.200. The van der Waals surface area contributed by atoms with E-state index >= 15 is 0 Å². The van der Waals surface area contributed by atoms with Gasteiger partial charge < -0.3 is 5.11 Å². The topological polar surface area (TPSA) is 37.5 Å². The van der Waals surface area contributed by atoms with Gasteiger partial charge in [-0.2, -0.15) is 0 Å². The third kappa shape index (κ3) is 1.56. The van der Waals surface area contributed by atoms with Gasteiger partial charge in [0, 0.05) is 11.8 Å². The van der Waals surface area contributed by atoms with Crippen molar-refractivity contribution >= 4 is 5.65 Å². The van der Waals surface area contributed by atoms with E-state index in [2.05, 4.69) is 24.0 Å². The predicted octanol–water partition coefficient (Wildman–Crippen LogP) is 3.02. The molecule has 0 aliphatic rings. The molecule has 0 bridgehead atoms. The molecule has 3 rings (SSSR count). The summed E-state index contributed by atoms with van der Waals surface area (Å²) in [5.74, 6) is 0.200. The van der Waals surface area contributed by atoms with Crippen molar-refractivity contribution in [2.45, 2.75) is 6.92 Å². The summed E-state index contributed by atoms with van der Waals surface area (Å²) in [6, 6.07) is 11.7. The fourth-order valence-corrected chi connectivity index (χ4v) is 2.01. The van der Waals surface area contributed by atoms with E-state index in [0.717, 1.165) is 11.3 Å². The van der Waals surface area contributed by atoms with Crippen molar-refractivity contribution in [1.29, 1.82) is 0 Å². The largest absolute Gasteiger partial charge is 0.504 e. The van der Waals surface area contributed by atoms with Gasteiger partial charge in [0.05, 0.1) is 11.9 Å². The van der Waals surface area contributed by atoms with Crippen LogP contribution in [0.2, 0.25) is 0 Å². The Kier molecular flexibility index (Phi) is 2.11. The van der Waals surface area contributed by atoms with Crippen LogP contribution in [0.25, 0.3) is 16.9 Å². The Labute approximate surface area is 99.0 Å². The molecule has 0 amide bonds. The Morgan fingerprint density at radius 1 is 1.18 bits per heavy atom. The number of rotatable bonds is 1. The van der Waals surface area contributed by atoms with E-state index in [-0.39, 0.29) is 5.75 Å². The number of benzene rings is 1. The lowest BCUT2D eigenvalue weighted by Crippen LogP contribution is -1.88. The molecule has 0 spiro atoms. The van der Waals surface area contributed by atoms with Gasteiger partial charge in [0.25, 0.3) is 0 Å². The molecule has 1 N–H and O–H groups in total. The van der Waals surface area contributed by atoms with Crippen molar-refractivity contribution < 1.29 is 5.11 Å². The number of pyridine rings is 1. The smallest absolute Gasteiger partial charge is 0.179 e. The predicted molar refractivity (Wildman–Crippen MR) is 67.0 cm³/mol. The minimum Gasteiger partial charge on any atom is -0.504 e. The summed E-state index contributed by atoms with van der Waals surface area (Å²) in [5.41, 5.74) is 3.88. The van der Waals surface area contributed by atoms with Crippen LogP contribution in [-0.2, 0) is 0 Å². The quantitative estimate of drug-likeness (QED) is 0.690. The molecule has 0 aliphatic heterocycles. The lowest BCUT2D eigenvalue weighted by molar-refractivity contribution is 0.477. The average Bonchev–Trinajstić information content (AvgIpc) is 2.74. The lowest BCUT2D eigenvalue weighted by Gasteiger charge is -2.03. The number of aryl methyl sites for hydroxylation is 1. The molecular formula is C14H12N2O. The summed E-state index contributed by atoms with van der Waals surface area (Å²) in [4.78, 5) is 4.24. The number of aromatic hydroxyl groups is 1. The van der Waals surface area contributed by atoms with Crippen LogP contribution in [0.1, 0.15) is 5.56 Å². The number of hydrogen-bond acceptors (Lipinski definition) is 2. The van der Waals surface area contributed by atoms with Gasteiger partial charge in [0.15, 0.2) is 11.4 Å². The highest BCUT2D eigenvalue weighted by atomic mass is 16.3. The summed E-state index contributed by atoms with van der Waals surface area (Å²) in [6.45, 7) is 2.06. The normalized spacial score (nSPS) is 10.9. The summed E-state index contributed by atoms with van der Waals surface area (Å²) in [5, 5.41) is 9.70. The highest BCUT2D eigenvalue weighted by molar-refractivity contribution is 5.67. The molecule has 0 saturated heterocycles. The molecule has 0 unspecified atom stereocenters. The van der Waals surface area contributed by atoms with E-state index in [1.807, 2.05) is 28.8 Å². The summed E-state index contributed by atoms with van der Waals surface area (Å²) < 4.78 is 1.89. The standard InChI is InChI=1S/C14H12N2O/c1-10-4-2-5-11(8-10)12-9-15-14-13(17)6-3-7-16(12)14/h2-9,17H,1H3. The Morgan fingerprint density at radius 3 is 2.88 bits per heavy atom. The van der Waals surface area contributed by atoms with Gasteiger partial charge in [-0.05, 0) is 25.1 Å². The molecule has 0 aliphatic carbocycles. The van der Waals surface area contributed by atoms with Crippen LogP contribution in [0.5, 0.6) is 5.75 Å². The van der Waals surface area contributed by atoms with E-state index in [4.69, 9.17) is 0 Å². The van der Waals surface area contributed by atoms with Crippen molar-refractivity contribution in [3.8, 4) is 17.0 Å². The number of aromatic nitrogens is 2. The van der Waals surface area contributed by atoms with Crippen molar-refractivity contribution in [2.24, 2.45) is 0 Å². The monoisotopic (exact) mass is 224 g/mol. The van der Waals surface area contributed by atoms with Crippen LogP contribution in [0.4, 0.5) is 0 Å². The third-order valence-corrected chi connectivity index (χ3v) is 2.83. The van der Waals surface area contributed by atoms with Gasteiger partial charge in [-0.15, -0.1) is 0 Å². The molecule has 0 radical (unpaired) electrons. The molecule has 0 saturated carbocycles. The maximum absolute atomic E-state index is 9.70. The molecule has 0 fully saturated rings. The second-order valence-corrected chi connectivity index (χ2v) is 4.10. The van der Waals surface area contributed by atoms with Crippen LogP contribution in [0.15, 0.2) is 48.8 Å². The zero-order valence-corrected chi connectivity index (χ0v) is 9.46. The van der Waals surface area contributed by atoms with Crippen LogP contribution in [-0.4, -0.2) is 14.5 Å². The average molecular weight is 224 g/mol. The van der Waals surface area contributed by atoms with E-state index in [1.54, 1.807) is 12.3 Å². The van der Waals surface area contributed by atoms with Gasteiger partial charge in [-0.25, -0.2) is 4.98 Å². The molecule has 3 heteroatoms. The number of fused-ring (bicyclic) bond motifs is 1. The number of hydrogen-bond donors (Lipinski definition) is 1. The Hall–Kier alpha value is -2.29. The van der Waals surface area contributed by atoms with E-state index in [1.165, 1.54) is 5.56 Å². The molecule has 84 valence electrons. The summed E-state index contributed by atoms with van der Waals surface area (Å²) >= 11 is 0. The summed E-state index contributed by atoms with van der Waals surface area (Å²) in [6.07, 6.45) is 3.68. The molecule has 1 aromatic carbocycles. The fourth-order valence-electron chi connectivity index (χ4n) is 2.01. The maximum Gasteiger partial charge on any atom is 0.179 e. The molecule has 2 heterocycles. The van der Waals surface area contributed by atoms with E-state index in [0.29, 0.717) is 5.65 Å². The zero-order chi connectivity index (χ0) is 11.8. The Bertz CT molecular complexity index is 686. The second-order valence-electron chi connectivity index (χ2n) is 4.10. The maximum atomic E-state index is 9.70. The first-order chi connectivity index (χ1) is 8.25. The Balaban J connectivity index is 2.28. The van der Waals surface area contributed by atoms with Gasteiger partial charge in [0.1, 0.15) is 0 Å².